The van der Waals surface area contributed by atoms with E-state index in [1.165, 1.54) is 13.1 Å². The van der Waals surface area contributed by atoms with E-state index in [2.05, 4.69) is 16.8 Å². The maximum absolute atomic E-state index is 13.3. The summed E-state index contributed by atoms with van der Waals surface area (Å²) in [5.74, 6) is 5.19. The number of ether oxygens (including phenoxy) is 1. The Morgan fingerprint density at radius 1 is 1.50 bits per heavy atom. The summed E-state index contributed by atoms with van der Waals surface area (Å²) in [6.07, 6.45) is 1.10. The third kappa shape index (κ3) is 5.94. The van der Waals surface area contributed by atoms with Crippen molar-refractivity contribution >= 4 is 11.8 Å². The van der Waals surface area contributed by atoms with Crippen molar-refractivity contribution in [2.24, 2.45) is 5.92 Å². The number of aliphatic hydroxyl groups excluding tert-OH is 1. The molecular formula is C22H31N3O5. The second kappa shape index (κ2) is 9.45. The molecule has 164 valence electrons. The lowest BCUT2D eigenvalue weighted by molar-refractivity contribution is -0.129. The van der Waals surface area contributed by atoms with Crippen molar-refractivity contribution in [3.8, 4) is 17.7 Å². The van der Waals surface area contributed by atoms with Gasteiger partial charge in [0.25, 0.3) is 5.91 Å². The molecular weight excluding hydrogens is 386 g/mol. The minimum atomic E-state index is -1.18. The van der Waals surface area contributed by atoms with E-state index in [9.17, 15) is 19.8 Å². The summed E-state index contributed by atoms with van der Waals surface area (Å²) in [5.41, 5.74) is -0.476. The van der Waals surface area contributed by atoms with Crippen molar-refractivity contribution in [3.05, 3.63) is 23.4 Å². The van der Waals surface area contributed by atoms with Gasteiger partial charge in [-0.25, -0.2) is 4.98 Å². The van der Waals surface area contributed by atoms with Gasteiger partial charge in [-0.05, 0) is 26.8 Å². The first-order valence-electron chi connectivity index (χ1n) is 9.98. The molecule has 8 nitrogen and oxygen atoms in total. The number of rotatable bonds is 4. The average Bonchev–Trinajstić information content (AvgIpc) is 2.67. The number of carbonyl (C=O) groups is 2. The van der Waals surface area contributed by atoms with Crippen molar-refractivity contribution in [1.29, 1.82) is 0 Å². The predicted octanol–water partition coefficient (Wildman–Crippen LogP) is 0.902. The molecule has 0 saturated carbocycles. The third-order valence-electron chi connectivity index (χ3n) is 5.03. The maximum atomic E-state index is 13.3. The molecule has 1 aliphatic heterocycles. The van der Waals surface area contributed by atoms with Crippen molar-refractivity contribution in [2.75, 3.05) is 26.7 Å². The zero-order valence-corrected chi connectivity index (χ0v) is 18.5. The largest absolute Gasteiger partial charge is 0.472 e. The molecule has 0 fully saturated rings. The van der Waals surface area contributed by atoms with Crippen LogP contribution < -0.4 is 4.74 Å². The standard InChI is InChI=1S/C22H31N3O5/c1-14-11-25(15(2)13-26)21(28)18-9-17(7-8-22(4,5)29)10-23-20(18)30-19(14)12-24(6)16(3)27/h9-10,14-15,19,26,29H,11-13H2,1-6H3/t14-,15+,19+/m1/s1. The molecule has 2 amide bonds. The van der Waals surface area contributed by atoms with Crippen LogP contribution in [0.1, 0.15) is 50.5 Å². The summed E-state index contributed by atoms with van der Waals surface area (Å²) >= 11 is 0. The van der Waals surface area contributed by atoms with Gasteiger partial charge in [-0.2, -0.15) is 0 Å². The Balaban J connectivity index is 2.51. The first-order chi connectivity index (χ1) is 13.9. The maximum Gasteiger partial charge on any atom is 0.259 e. The van der Waals surface area contributed by atoms with Gasteiger partial charge in [-0.1, -0.05) is 18.8 Å². The number of nitrogens with zero attached hydrogens (tertiary/aromatic N) is 3. The summed E-state index contributed by atoms with van der Waals surface area (Å²) in [5, 5.41) is 19.5. The summed E-state index contributed by atoms with van der Waals surface area (Å²) in [7, 11) is 1.69. The highest BCUT2D eigenvalue weighted by Gasteiger charge is 2.34. The minimum Gasteiger partial charge on any atom is -0.472 e. The first kappa shape index (κ1) is 23.6. The van der Waals surface area contributed by atoms with E-state index in [1.54, 1.807) is 43.7 Å². The molecule has 1 aromatic rings. The normalized spacial score (nSPS) is 20.1. The number of pyridine rings is 1. The number of amides is 2. The Labute approximate surface area is 177 Å². The molecule has 0 aromatic carbocycles. The van der Waals surface area contributed by atoms with E-state index in [1.807, 2.05) is 6.92 Å². The molecule has 1 aliphatic rings. The van der Waals surface area contributed by atoms with Crippen LogP contribution in [0.15, 0.2) is 12.3 Å². The molecule has 2 heterocycles. The lowest BCUT2D eigenvalue weighted by Gasteiger charge is -2.37. The van der Waals surface area contributed by atoms with Gasteiger partial charge in [-0.3, -0.25) is 9.59 Å². The van der Waals surface area contributed by atoms with Crippen molar-refractivity contribution in [3.63, 3.8) is 0 Å². The van der Waals surface area contributed by atoms with Crippen molar-refractivity contribution in [1.82, 2.24) is 14.8 Å². The first-order valence-corrected chi connectivity index (χ1v) is 9.98. The monoisotopic (exact) mass is 417 g/mol. The quantitative estimate of drug-likeness (QED) is 0.706. The molecule has 0 spiro atoms. The zero-order chi connectivity index (χ0) is 22.6. The number of hydrogen-bond acceptors (Lipinski definition) is 6. The molecule has 0 unspecified atom stereocenters. The van der Waals surface area contributed by atoms with E-state index in [-0.39, 0.29) is 41.9 Å². The molecule has 30 heavy (non-hydrogen) atoms. The number of carbonyl (C=O) groups excluding carboxylic acids is 2. The van der Waals surface area contributed by atoms with E-state index in [0.29, 0.717) is 18.7 Å². The van der Waals surface area contributed by atoms with E-state index < -0.39 is 11.6 Å². The van der Waals surface area contributed by atoms with Gasteiger partial charge >= 0.3 is 0 Å². The Kier molecular flexibility index (Phi) is 7.45. The molecule has 1 aromatic heterocycles. The van der Waals surface area contributed by atoms with E-state index in [0.717, 1.165) is 0 Å². The summed E-state index contributed by atoms with van der Waals surface area (Å²) in [4.78, 5) is 32.4. The fourth-order valence-corrected chi connectivity index (χ4v) is 3.01. The number of aromatic nitrogens is 1. The smallest absolute Gasteiger partial charge is 0.259 e. The molecule has 0 bridgehead atoms. The lowest BCUT2D eigenvalue weighted by Crippen LogP contribution is -2.50. The molecule has 0 aliphatic carbocycles. The summed E-state index contributed by atoms with van der Waals surface area (Å²) in [6.45, 7) is 8.85. The molecule has 2 N–H and O–H groups in total. The van der Waals surface area contributed by atoms with Crippen LogP contribution in [0.25, 0.3) is 0 Å². The zero-order valence-electron chi connectivity index (χ0n) is 18.5. The predicted molar refractivity (Wildman–Crippen MR) is 112 cm³/mol. The highest BCUT2D eigenvalue weighted by molar-refractivity contribution is 5.97. The van der Waals surface area contributed by atoms with Gasteiger partial charge in [-0.15, -0.1) is 0 Å². The molecule has 8 heteroatoms. The van der Waals surface area contributed by atoms with E-state index >= 15 is 0 Å². The fourth-order valence-electron chi connectivity index (χ4n) is 3.01. The van der Waals surface area contributed by atoms with Gasteiger partial charge in [0.1, 0.15) is 17.3 Å². The third-order valence-corrected chi connectivity index (χ3v) is 5.03. The number of likely N-dealkylation sites (N-methyl/N-ethyl adjacent to an activating group) is 1. The summed E-state index contributed by atoms with van der Waals surface area (Å²) in [6, 6.07) is 1.19. The number of fused-ring (bicyclic) bond motifs is 1. The van der Waals surface area contributed by atoms with Crippen LogP contribution in [0.3, 0.4) is 0 Å². The van der Waals surface area contributed by atoms with Gasteiger partial charge in [0, 0.05) is 38.2 Å². The van der Waals surface area contributed by atoms with Crippen LogP contribution in [0.5, 0.6) is 5.88 Å². The lowest BCUT2D eigenvalue weighted by atomic mass is 10.00. The van der Waals surface area contributed by atoms with Crippen LogP contribution in [0, 0.1) is 17.8 Å². The second-order valence-corrected chi connectivity index (χ2v) is 8.41. The highest BCUT2D eigenvalue weighted by atomic mass is 16.5. The number of aliphatic hydroxyl groups is 2. The molecule has 2 rings (SSSR count). The second-order valence-electron chi connectivity index (χ2n) is 8.41. The Bertz CT molecular complexity index is 853. The average molecular weight is 418 g/mol. The van der Waals surface area contributed by atoms with Crippen LogP contribution in [-0.4, -0.2) is 81.3 Å². The van der Waals surface area contributed by atoms with E-state index in [4.69, 9.17) is 4.74 Å². The number of hydrogen-bond donors (Lipinski definition) is 2. The van der Waals surface area contributed by atoms with Gasteiger partial charge in [0.2, 0.25) is 11.8 Å². The molecule has 0 saturated heterocycles. The Morgan fingerprint density at radius 3 is 2.73 bits per heavy atom. The van der Waals surface area contributed by atoms with Crippen LogP contribution >= 0.6 is 0 Å². The van der Waals surface area contributed by atoms with Gasteiger partial charge in [0.05, 0.1) is 19.2 Å². The molecule has 3 atom stereocenters. The van der Waals surface area contributed by atoms with Crippen LogP contribution in [-0.2, 0) is 4.79 Å². The SMILES string of the molecule is CC(=O)N(C)C[C@@H]1Oc2ncc(C#CC(C)(C)O)cc2C(=O)N([C@@H](C)CO)C[C@H]1C. The van der Waals surface area contributed by atoms with Gasteiger partial charge < -0.3 is 24.7 Å². The highest BCUT2D eigenvalue weighted by Crippen LogP contribution is 2.27. The van der Waals surface area contributed by atoms with Crippen LogP contribution in [0.2, 0.25) is 0 Å². The fraction of sp³-hybridized carbons (Fsp3) is 0.591. The van der Waals surface area contributed by atoms with Crippen molar-refractivity contribution in [2.45, 2.75) is 52.4 Å². The molecule has 0 radical (unpaired) electrons. The van der Waals surface area contributed by atoms with Crippen molar-refractivity contribution < 1.29 is 24.5 Å². The van der Waals surface area contributed by atoms with Gasteiger partial charge in [0.15, 0.2) is 0 Å². The minimum absolute atomic E-state index is 0.0880. The Hall–Kier alpha value is -2.63. The summed E-state index contributed by atoms with van der Waals surface area (Å²) < 4.78 is 6.09. The van der Waals surface area contributed by atoms with Crippen LogP contribution in [0.4, 0.5) is 0 Å². The topological polar surface area (TPSA) is 103 Å². The Morgan fingerprint density at radius 2 is 2.17 bits per heavy atom.